The molecule has 0 aliphatic carbocycles. The SMILES string of the molecule is CC.CN(C)C.CSc1ccc(-c2nc3c(C)ccc(C)c3o2)cc1.C[N+](=O)[O-].C[N+](=O)[O-].Cc1ccc(C)c2[nH]c(-c3ccc(C#N)cc3)nc12.Cc1ccc(C)c2[nH]c(-c3ccccc3F)nc12.Cc1ccc(C)c2c1nc(-c1ccccn1)n2C.[C-]#[N+]c1c(C#N)c(C)c2nc(-c3ccccn3)n(C)c2c1C. The van der Waals surface area contributed by atoms with E-state index in [4.69, 9.17) is 41.5 Å². The van der Waals surface area contributed by atoms with Gasteiger partial charge in [0.25, 0.3) is 0 Å². The maximum atomic E-state index is 13.7. The van der Waals surface area contributed by atoms with Crippen LogP contribution in [0.3, 0.4) is 0 Å². The number of nitrogens with zero attached hydrogens (tertiary/aromatic N) is 15. The summed E-state index contributed by atoms with van der Waals surface area (Å²) in [7, 11) is 11.7. The van der Waals surface area contributed by atoms with Crippen LogP contribution in [0.4, 0.5) is 10.1 Å². The van der Waals surface area contributed by atoms with Crippen molar-refractivity contribution in [1.82, 2.24) is 58.9 Å². The zero-order valence-electron chi connectivity index (χ0n) is 65.7. The van der Waals surface area contributed by atoms with Gasteiger partial charge >= 0.3 is 0 Å². The van der Waals surface area contributed by atoms with Gasteiger partial charge < -0.3 is 28.4 Å². The maximum absolute atomic E-state index is 13.7. The van der Waals surface area contributed by atoms with Crippen molar-refractivity contribution in [3.05, 3.63) is 274 Å². The van der Waals surface area contributed by atoms with Crippen LogP contribution in [0.25, 0.3) is 117 Å². The van der Waals surface area contributed by atoms with Crippen LogP contribution in [-0.4, -0.2) is 110 Å². The molecule has 0 radical (unpaired) electrons. The van der Waals surface area contributed by atoms with Gasteiger partial charge in [-0.15, -0.1) is 11.8 Å². The highest BCUT2D eigenvalue weighted by atomic mass is 32.2. The van der Waals surface area contributed by atoms with Gasteiger partial charge in [0, 0.05) is 52.4 Å². The highest BCUT2D eigenvalue weighted by molar-refractivity contribution is 7.98. The Bertz CT molecular complexity index is 5710. The predicted molar refractivity (Wildman–Crippen MR) is 442 cm³/mol. The standard InChI is InChI=1S/C17H13N5.C16H13N3.C16H15NOS.C15H13FN2.C15H15N3.C3H9N.C2H6.2CH3NO2/c1-10-12(9-18)14(19-3)11(2)16-15(10)21-17(22(16)4)13-7-5-6-8-20-13;1-10-3-4-11(2)15-14(10)18-16(19-15)13-7-5-12(9-17)6-8-13;1-10-4-5-11(2)15-14(10)17-16(18-15)12-6-8-13(19-3)9-7-12;1-9-7-8-10(2)14-13(9)17-15(18-14)11-5-3-4-6-12(11)16;1-10-7-8-11(2)14-13(10)17-15(18(14)3)12-6-4-5-9-16-12;1-4(2)3;1-2;2*1-2(3)4/h5-8H,1-2,4H3;3-8H,1-2H3,(H,18,19);4-9H,1-3H3;3-8H,1-2H3,(H,17,18);4-9H,1-3H3;1-3H3;1-2H3;2*1H3. The van der Waals surface area contributed by atoms with Crippen LogP contribution >= 0.6 is 11.8 Å². The van der Waals surface area contributed by atoms with E-state index in [2.05, 4.69) is 163 Å². The van der Waals surface area contributed by atoms with Crippen molar-refractivity contribution < 1.29 is 18.7 Å². The molecular formula is C86H90FN17O5S. The first-order valence-corrected chi connectivity index (χ1v) is 36.2. The quantitative estimate of drug-likeness (QED) is 0.0677. The van der Waals surface area contributed by atoms with Gasteiger partial charge in [0.2, 0.25) is 11.6 Å². The summed E-state index contributed by atoms with van der Waals surface area (Å²) in [5, 5.41) is 35.8. The lowest BCUT2D eigenvalue weighted by molar-refractivity contribution is -0.445. The van der Waals surface area contributed by atoms with Crippen LogP contribution in [-0.2, 0) is 14.1 Å². The van der Waals surface area contributed by atoms with Gasteiger partial charge in [0.05, 0.1) is 79.5 Å². The molecule has 7 heterocycles. The van der Waals surface area contributed by atoms with Crippen molar-refractivity contribution >= 4 is 72.7 Å². The maximum Gasteiger partial charge on any atom is 0.227 e. The number of halogens is 1. The lowest BCUT2D eigenvalue weighted by Crippen LogP contribution is -1.99. The largest absolute Gasteiger partial charge is 0.436 e. The molecule has 2 N–H and O–H groups in total. The molecule has 7 aromatic heterocycles. The smallest absolute Gasteiger partial charge is 0.227 e. The summed E-state index contributed by atoms with van der Waals surface area (Å²) in [5.41, 5.74) is 26.2. The third kappa shape index (κ3) is 20.5. The number of H-pyrrole nitrogens is 2. The van der Waals surface area contributed by atoms with Crippen LogP contribution in [0, 0.1) is 125 Å². The average Bonchev–Trinajstić information content (AvgIpc) is 1.59. The molecule has 0 spiro atoms. The minimum atomic E-state index is -0.500. The lowest BCUT2D eigenvalue weighted by Gasteiger charge is -2.08. The van der Waals surface area contributed by atoms with Gasteiger partial charge in [-0.1, -0.05) is 86.6 Å². The fraction of sp³-hybridized carbons (Fsp3) is 0.233. The molecule has 0 aliphatic heterocycles. The van der Waals surface area contributed by atoms with Crippen molar-refractivity contribution in [3.8, 4) is 69.4 Å². The van der Waals surface area contributed by atoms with E-state index < -0.39 is 9.85 Å². The number of hydrogen-bond acceptors (Lipinski definition) is 16. The molecule has 22 nitrogen and oxygen atoms in total. The molecule has 0 saturated heterocycles. The fourth-order valence-corrected chi connectivity index (χ4v) is 12.0. The third-order valence-corrected chi connectivity index (χ3v) is 17.8. The lowest BCUT2D eigenvalue weighted by atomic mass is 10.0. The highest BCUT2D eigenvalue weighted by Crippen LogP contribution is 2.38. The van der Waals surface area contributed by atoms with Gasteiger partial charge in [-0.3, -0.25) is 30.2 Å². The van der Waals surface area contributed by atoms with E-state index >= 15 is 0 Å². The Morgan fingerprint density at radius 2 is 0.964 bits per heavy atom. The Morgan fingerprint density at radius 1 is 0.527 bits per heavy atom. The van der Waals surface area contributed by atoms with Crippen molar-refractivity contribution in [3.63, 3.8) is 0 Å². The third-order valence-electron chi connectivity index (χ3n) is 17.0. The molecule has 110 heavy (non-hydrogen) atoms. The minimum absolute atomic E-state index is 0.258. The van der Waals surface area contributed by atoms with E-state index in [1.807, 2.05) is 172 Å². The molecule has 24 heteroatoms. The number of hydrogen-bond donors (Lipinski definition) is 2. The van der Waals surface area contributed by atoms with E-state index in [0.717, 1.165) is 143 Å². The monoisotopic (exact) mass is 1490 g/mol. The van der Waals surface area contributed by atoms with Gasteiger partial charge in [-0.25, -0.2) is 34.2 Å². The first-order chi connectivity index (χ1) is 52.5. The Hall–Kier alpha value is -13.1. The number of nitriles is 2. The molecule has 0 amide bonds. The van der Waals surface area contributed by atoms with Crippen LogP contribution in [0.2, 0.25) is 0 Å². The molecular weight excluding hydrogens is 1400 g/mol. The number of pyridine rings is 2. The Balaban J connectivity index is 0.000000183. The second-order valence-electron chi connectivity index (χ2n) is 25.7. The summed E-state index contributed by atoms with van der Waals surface area (Å²) >= 11 is 1.73. The van der Waals surface area contributed by atoms with E-state index in [1.54, 1.807) is 36.3 Å². The number of rotatable bonds is 6. The van der Waals surface area contributed by atoms with Crippen molar-refractivity contribution in [2.24, 2.45) is 14.1 Å². The second kappa shape index (κ2) is 39.0. The summed E-state index contributed by atoms with van der Waals surface area (Å²) in [6.07, 6.45) is 5.59. The van der Waals surface area contributed by atoms with Crippen molar-refractivity contribution in [2.45, 2.75) is 88.0 Å². The Labute approximate surface area is 644 Å². The number of fused-ring (bicyclic) bond motifs is 5. The van der Waals surface area contributed by atoms with Crippen LogP contribution in [0.1, 0.15) is 80.6 Å². The molecule has 0 atom stereocenters. The summed E-state index contributed by atoms with van der Waals surface area (Å²) in [4.78, 5) is 61.9. The summed E-state index contributed by atoms with van der Waals surface area (Å²) in [6.45, 7) is 31.6. The van der Waals surface area contributed by atoms with E-state index in [9.17, 15) is 9.65 Å². The predicted octanol–water partition coefficient (Wildman–Crippen LogP) is 20.5. The number of oxazole rings is 1. The topological polar surface area (TPSA) is 286 Å². The Kier molecular flexibility index (Phi) is 29.8. The van der Waals surface area contributed by atoms with Gasteiger partial charge in [0.1, 0.15) is 34.4 Å². The zero-order chi connectivity index (χ0) is 80.8. The molecule has 0 bridgehead atoms. The first kappa shape index (κ1) is 84.2. The van der Waals surface area contributed by atoms with Crippen LogP contribution in [0.15, 0.2) is 179 Å². The van der Waals surface area contributed by atoms with E-state index in [0.29, 0.717) is 34.1 Å². The normalized spacial score (nSPS) is 10.3. The average molecular weight is 1490 g/mol. The number of nitrogens with one attached hydrogen (secondary N) is 2. The highest BCUT2D eigenvalue weighted by Gasteiger charge is 2.22. The van der Waals surface area contributed by atoms with Crippen LogP contribution < -0.4 is 0 Å². The molecule has 0 fully saturated rings. The van der Waals surface area contributed by atoms with Crippen LogP contribution in [0.5, 0.6) is 0 Å². The molecule has 562 valence electrons. The van der Waals surface area contributed by atoms with Gasteiger partial charge in [-0.2, -0.15) is 10.5 Å². The summed E-state index contributed by atoms with van der Waals surface area (Å²) in [5.74, 6) is 3.51. The number of thioether (sulfide) groups is 1. The molecule has 8 aromatic carbocycles. The number of imidazole rings is 4. The minimum Gasteiger partial charge on any atom is -0.436 e. The van der Waals surface area contributed by atoms with E-state index in [1.165, 1.54) is 33.2 Å². The van der Waals surface area contributed by atoms with Crippen molar-refractivity contribution in [1.29, 1.82) is 10.5 Å². The van der Waals surface area contributed by atoms with E-state index in [-0.39, 0.29) is 5.82 Å². The Morgan fingerprint density at radius 3 is 1.42 bits per heavy atom. The molecule has 0 saturated carbocycles. The molecule has 15 rings (SSSR count). The number of aromatic amines is 2. The number of benzene rings is 8. The fourth-order valence-electron chi connectivity index (χ4n) is 11.6. The zero-order valence-corrected chi connectivity index (χ0v) is 66.5. The molecule has 0 unspecified atom stereocenters. The van der Waals surface area contributed by atoms with Crippen molar-refractivity contribution in [2.75, 3.05) is 41.5 Å². The van der Waals surface area contributed by atoms with Gasteiger partial charge in [-0.05, 0) is 237 Å². The summed E-state index contributed by atoms with van der Waals surface area (Å²) in [6, 6.07) is 54.9. The summed E-state index contributed by atoms with van der Waals surface area (Å²) < 4.78 is 23.7. The number of aromatic nitrogens is 11. The second-order valence-corrected chi connectivity index (χ2v) is 26.6. The first-order valence-electron chi connectivity index (χ1n) is 35.0. The molecule has 15 aromatic rings. The molecule has 0 aliphatic rings. The number of nitro groups is 2. The number of aryl methyl sites for hydroxylation is 12. The van der Waals surface area contributed by atoms with Gasteiger partial charge in [0.15, 0.2) is 31.3 Å².